The highest BCUT2D eigenvalue weighted by Crippen LogP contribution is 2.24. The normalized spacial score (nSPS) is 14.9. The van der Waals surface area contributed by atoms with Crippen LogP contribution >= 0.6 is 11.6 Å². The summed E-state index contributed by atoms with van der Waals surface area (Å²) >= 11 is 6.17. The molecular weight excluding hydrogens is 316 g/mol. The summed E-state index contributed by atoms with van der Waals surface area (Å²) in [5.74, 6) is 2.11. The zero-order chi connectivity index (χ0) is 16.2. The van der Waals surface area contributed by atoms with E-state index in [0.717, 1.165) is 37.7 Å². The molecule has 23 heavy (non-hydrogen) atoms. The summed E-state index contributed by atoms with van der Waals surface area (Å²) in [6, 6.07) is 1.85. The van der Waals surface area contributed by atoms with E-state index < -0.39 is 0 Å². The van der Waals surface area contributed by atoms with Crippen LogP contribution in [-0.2, 0) is 0 Å². The molecule has 2 aromatic heterocycles. The van der Waals surface area contributed by atoms with Gasteiger partial charge in [-0.2, -0.15) is 4.98 Å². The van der Waals surface area contributed by atoms with Crippen molar-refractivity contribution < 1.29 is 4.74 Å². The van der Waals surface area contributed by atoms with Gasteiger partial charge in [-0.1, -0.05) is 11.6 Å². The molecule has 7 nitrogen and oxygen atoms in total. The zero-order valence-corrected chi connectivity index (χ0v) is 14.0. The molecule has 1 aliphatic rings. The Morgan fingerprint density at radius 3 is 2.61 bits per heavy atom. The highest BCUT2D eigenvalue weighted by atomic mass is 35.5. The molecule has 0 atom stereocenters. The standard InChI is InChI=1S/C15H19ClN6O/c1-3-23-13-8-11(2)19-15(20-13)22-6-4-21(5-7-22)14-12(16)9-17-10-18-14/h8-10H,3-7H2,1-2H3. The summed E-state index contributed by atoms with van der Waals surface area (Å²) in [4.78, 5) is 21.5. The Labute approximate surface area is 140 Å². The first-order valence-electron chi connectivity index (χ1n) is 7.61. The highest BCUT2D eigenvalue weighted by Gasteiger charge is 2.22. The van der Waals surface area contributed by atoms with Crippen molar-refractivity contribution in [3.63, 3.8) is 0 Å². The molecule has 8 heteroatoms. The molecule has 2 aromatic rings. The lowest BCUT2D eigenvalue weighted by Gasteiger charge is -2.35. The van der Waals surface area contributed by atoms with E-state index in [9.17, 15) is 0 Å². The maximum absolute atomic E-state index is 6.17. The van der Waals surface area contributed by atoms with Gasteiger partial charge < -0.3 is 14.5 Å². The van der Waals surface area contributed by atoms with E-state index in [1.54, 1.807) is 6.20 Å². The van der Waals surface area contributed by atoms with Crippen molar-refractivity contribution in [1.82, 2.24) is 19.9 Å². The number of rotatable bonds is 4. The highest BCUT2D eigenvalue weighted by molar-refractivity contribution is 6.32. The molecule has 0 saturated carbocycles. The van der Waals surface area contributed by atoms with Crippen LogP contribution in [0.1, 0.15) is 12.6 Å². The molecular formula is C15H19ClN6O. The minimum atomic E-state index is 0.575. The number of hydrogen-bond donors (Lipinski definition) is 0. The van der Waals surface area contributed by atoms with Gasteiger partial charge in [-0.05, 0) is 13.8 Å². The van der Waals surface area contributed by atoms with Crippen LogP contribution in [0.15, 0.2) is 18.6 Å². The average molecular weight is 335 g/mol. The lowest BCUT2D eigenvalue weighted by molar-refractivity contribution is 0.325. The maximum atomic E-state index is 6.17. The van der Waals surface area contributed by atoms with Crippen molar-refractivity contribution in [2.24, 2.45) is 0 Å². The third kappa shape index (κ3) is 3.61. The van der Waals surface area contributed by atoms with Crippen LogP contribution in [0.3, 0.4) is 0 Å². The minimum Gasteiger partial charge on any atom is -0.478 e. The smallest absolute Gasteiger partial charge is 0.228 e. The van der Waals surface area contributed by atoms with Crippen molar-refractivity contribution in [2.75, 3.05) is 42.6 Å². The first-order valence-corrected chi connectivity index (χ1v) is 7.99. The second-order valence-corrected chi connectivity index (χ2v) is 5.66. The number of anilines is 2. The first-order chi connectivity index (χ1) is 11.2. The monoisotopic (exact) mass is 334 g/mol. The van der Waals surface area contributed by atoms with Gasteiger partial charge in [0.05, 0.1) is 12.8 Å². The Kier molecular flexibility index (Phi) is 4.76. The second kappa shape index (κ2) is 6.95. The number of nitrogens with zero attached hydrogens (tertiary/aromatic N) is 6. The average Bonchev–Trinajstić information content (AvgIpc) is 2.55. The molecule has 122 valence electrons. The van der Waals surface area contributed by atoms with E-state index in [1.807, 2.05) is 19.9 Å². The fraction of sp³-hybridized carbons (Fsp3) is 0.467. The fourth-order valence-electron chi connectivity index (χ4n) is 2.54. The predicted octanol–water partition coefficient (Wildman–Crippen LogP) is 1.95. The topological polar surface area (TPSA) is 67.3 Å². The van der Waals surface area contributed by atoms with Gasteiger partial charge in [-0.3, -0.25) is 0 Å². The molecule has 0 unspecified atom stereocenters. The van der Waals surface area contributed by atoms with E-state index in [1.165, 1.54) is 6.33 Å². The van der Waals surface area contributed by atoms with Crippen LogP contribution in [0, 0.1) is 6.92 Å². The van der Waals surface area contributed by atoms with Crippen LogP contribution in [-0.4, -0.2) is 52.7 Å². The molecule has 0 aliphatic carbocycles. The van der Waals surface area contributed by atoms with Gasteiger partial charge in [0.15, 0.2) is 5.82 Å². The van der Waals surface area contributed by atoms with Gasteiger partial charge in [0.1, 0.15) is 11.3 Å². The maximum Gasteiger partial charge on any atom is 0.228 e. The SMILES string of the molecule is CCOc1cc(C)nc(N2CCN(c3ncncc3Cl)CC2)n1. The van der Waals surface area contributed by atoms with E-state index in [0.29, 0.717) is 23.5 Å². The van der Waals surface area contributed by atoms with Crippen molar-refractivity contribution in [2.45, 2.75) is 13.8 Å². The molecule has 0 amide bonds. The van der Waals surface area contributed by atoms with Gasteiger partial charge in [0, 0.05) is 37.9 Å². The number of piperazine rings is 1. The van der Waals surface area contributed by atoms with E-state index in [4.69, 9.17) is 16.3 Å². The molecule has 0 spiro atoms. The van der Waals surface area contributed by atoms with Gasteiger partial charge in [-0.15, -0.1) is 0 Å². The fourth-order valence-corrected chi connectivity index (χ4v) is 2.77. The molecule has 3 heterocycles. The van der Waals surface area contributed by atoms with Crippen molar-refractivity contribution in [1.29, 1.82) is 0 Å². The number of ether oxygens (including phenoxy) is 1. The Hall–Kier alpha value is -2.15. The molecule has 1 aliphatic heterocycles. The zero-order valence-electron chi connectivity index (χ0n) is 13.2. The van der Waals surface area contributed by atoms with Gasteiger partial charge in [0.2, 0.25) is 11.8 Å². The van der Waals surface area contributed by atoms with Gasteiger partial charge >= 0.3 is 0 Å². The van der Waals surface area contributed by atoms with Crippen LogP contribution in [0.5, 0.6) is 5.88 Å². The molecule has 3 rings (SSSR count). The summed E-state index contributed by atoms with van der Waals surface area (Å²) in [6.45, 7) is 7.70. The Bertz CT molecular complexity index is 675. The van der Waals surface area contributed by atoms with E-state index >= 15 is 0 Å². The summed E-state index contributed by atoms with van der Waals surface area (Å²) in [7, 11) is 0. The van der Waals surface area contributed by atoms with Crippen LogP contribution in [0.4, 0.5) is 11.8 Å². The number of aromatic nitrogens is 4. The number of halogens is 1. The number of hydrogen-bond acceptors (Lipinski definition) is 7. The molecule has 0 radical (unpaired) electrons. The third-order valence-corrected chi connectivity index (χ3v) is 3.89. The molecule has 0 bridgehead atoms. The quantitative estimate of drug-likeness (QED) is 0.846. The molecule has 0 aromatic carbocycles. The Morgan fingerprint density at radius 1 is 1.17 bits per heavy atom. The summed E-state index contributed by atoms with van der Waals surface area (Å²) < 4.78 is 5.50. The van der Waals surface area contributed by atoms with Crippen molar-refractivity contribution >= 4 is 23.4 Å². The van der Waals surface area contributed by atoms with Crippen LogP contribution in [0.2, 0.25) is 5.02 Å². The summed E-state index contributed by atoms with van der Waals surface area (Å²) in [5.41, 5.74) is 0.903. The van der Waals surface area contributed by atoms with Crippen LogP contribution in [0.25, 0.3) is 0 Å². The van der Waals surface area contributed by atoms with Crippen LogP contribution < -0.4 is 14.5 Å². The molecule has 0 N–H and O–H groups in total. The summed E-state index contributed by atoms with van der Waals surface area (Å²) in [6.07, 6.45) is 3.14. The predicted molar refractivity (Wildman–Crippen MR) is 89.4 cm³/mol. The molecule has 1 saturated heterocycles. The van der Waals surface area contributed by atoms with Gasteiger partial charge in [-0.25, -0.2) is 15.0 Å². The first kappa shape index (κ1) is 15.7. The van der Waals surface area contributed by atoms with Crippen molar-refractivity contribution in [3.05, 3.63) is 29.3 Å². The Balaban J connectivity index is 1.71. The lowest BCUT2D eigenvalue weighted by Crippen LogP contribution is -2.47. The van der Waals surface area contributed by atoms with Crippen molar-refractivity contribution in [3.8, 4) is 5.88 Å². The number of aryl methyl sites for hydroxylation is 1. The lowest BCUT2D eigenvalue weighted by atomic mass is 10.3. The summed E-state index contributed by atoms with van der Waals surface area (Å²) in [5, 5.41) is 0.575. The van der Waals surface area contributed by atoms with E-state index in [2.05, 4.69) is 29.7 Å². The largest absolute Gasteiger partial charge is 0.478 e. The second-order valence-electron chi connectivity index (χ2n) is 5.25. The third-order valence-electron chi connectivity index (χ3n) is 3.62. The van der Waals surface area contributed by atoms with Gasteiger partial charge in [0.25, 0.3) is 0 Å². The minimum absolute atomic E-state index is 0.575. The van der Waals surface area contributed by atoms with E-state index in [-0.39, 0.29) is 0 Å². The molecule has 1 fully saturated rings. The Morgan fingerprint density at radius 2 is 1.91 bits per heavy atom.